The van der Waals surface area contributed by atoms with Crippen LogP contribution >= 0.6 is 24.2 Å². The number of benzene rings is 1. The van der Waals surface area contributed by atoms with Gasteiger partial charge in [0.15, 0.2) is 0 Å². The molecule has 0 atom stereocenters. The van der Waals surface area contributed by atoms with Gasteiger partial charge in [0.25, 0.3) is 0 Å². The highest BCUT2D eigenvalue weighted by Gasteiger charge is 2.04. The average molecular weight is 203 g/mol. The molecule has 2 nitrogen and oxygen atoms in total. The monoisotopic (exact) mass is 202 g/mol. The number of halogens is 1. The molecule has 1 N–H and O–H groups in total. The van der Waals surface area contributed by atoms with E-state index in [4.69, 9.17) is 16.7 Å². The van der Waals surface area contributed by atoms with Gasteiger partial charge in [0, 0.05) is 9.92 Å². The molecule has 0 aliphatic carbocycles. The van der Waals surface area contributed by atoms with Crippen LogP contribution in [0.4, 0.5) is 0 Å². The lowest BCUT2D eigenvalue weighted by Crippen LogP contribution is -2.00. The fourth-order valence-corrected chi connectivity index (χ4v) is 1.27. The molecule has 0 radical (unpaired) electrons. The van der Waals surface area contributed by atoms with E-state index >= 15 is 0 Å². The van der Waals surface area contributed by atoms with E-state index in [1.165, 1.54) is 0 Å². The zero-order valence-electron chi connectivity index (χ0n) is 6.12. The predicted molar refractivity (Wildman–Crippen MR) is 50.0 cm³/mol. The van der Waals surface area contributed by atoms with E-state index in [1.807, 2.05) is 0 Å². The third kappa shape index (κ3) is 2.43. The molecule has 0 bridgehead atoms. The van der Waals surface area contributed by atoms with E-state index in [-0.39, 0.29) is 6.42 Å². The standard InChI is InChI=1S/C8H7ClO2S/c9-6-1-2-7(12)5(3-6)4-8(10)11/h1-3,12H,4H2,(H,10,11). The second-order valence-corrected chi connectivity index (χ2v) is 3.26. The van der Waals surface area contributed by atoms with Gasteiger partial charge in [-0.1, -0.05) is 11.6 Å². The van der Waals surface area contributed by atoms with E-state index in [2.05, 4.69) is 12.6 Å². The van der Waals surface area contributed by atoms with Crippen LogP contribution in [0.1, 0.15) is 5.56 Å². The summed E-state index contributed by atoms with van der Waals surface area (Å²) in [6.07, 6.45) is -0.0423. The van der Waals surface area contributed by atoms with Crippen molar-refractivity contribution in [2.75, 3.05) is 0 Å². The van der Waals surface area contributed by atoms with Crippen molar-refractivity contribution in [3.05, 3.63) is 28.8 Å². The molecule has 0 saturated carbocycles. The van der Waals surface area contributed by atoms with Gasteiger partial charge < -0.3 is 5.11 Å². The topological polar surface area (TPSA) is 37.3 Å². The fraction of sp³-hybridized carbons (Fsp3) is 0.125. The normalized spacial score (nSPS) is 9.83. The summed E-state index contributed by atoms with van der Waals surface area (Å²) in [7, 11) is 0. The fourth-order valence-electron chi connectivity index (χ4n) is 0.859. The van der Waals surface area contributed by atoms with Crippen molar-refractivity contribution in [3.8, 4) is 0 Å². The maximum Gasteiger partial charge on any atom is 0.307 e. The number of aliphatic carboxylic acids is 1. The molecule has 0 saturated heterocycles. The average Bonchev–Trinajstić information content (AvgIpc) is 1.96. The number of thiol groups is 1. The Balaban J connectivity index is 2.97. The van der Waals surface area contributed by atoms with Gasteiger partial charge in [-0.15, -0.1) is 12.6 Å². The number of hydrogen-bond donors (Lipinski definition) is 2. The van der Waals surface area contributed by atoms with Crippen molar-refractivity contribution >= 4 is 30.2 Å². The van der Waals surface area contributed by atoms with Gasteiger partial charge in [-0.3, -0.25) is 4.79 Å². The van der Waals surface area contributed by atoms with Gasteiger partial charge >= 0.3 is 5.97 Å². The number of hydrogen-bond acceptors (Lipinski definition) is 2. The Bertz CT molecular complexity index is 312. The first kappa shape index (κ1) is 9.42. The molecular formula is C8H7ClO2S. The summed E-state index contributed by atoms with van der Waals surface area (Å²) in [5.74, 6) is -0.882. The first-order chi connectivity index (χ1) is 5.59. The van der Waals surface area contributed by atoms with E-state index in [0.717, 1.165) is 0 Å². The number of rotatable bonds is 2. The Hall–Kier alpha value is -0.670. The lowest BCUT2D eigenvalue weighted by molar-refractivity contribution is -0.136. The molecule has 0 spiro atoms. The summed E-state index contributed by atoms with van der Waals surface area (Å²) in [6.45, 7) is 0. The van der Waals surface area contributed by atoms with Gasteiger partial charge in [-0.25, -0.2) is 0 Å². The summed E-state index contributed by atoms with van der Waals surface area (Å²) in [6, 6.07) is 4.97. The molecule has 1 aromatic rings. The van der Waals surface area contributed by atoms with Gasteiger partial charge in [-0.05, 0) is 23.8 Å². The summed E-state index contributed by atoms with van der Waals surface area (Å²) < 4.78 is 0. The molecule has 0 amide bonds. The largest absolute Gasteiger partial charge is 0.481 e. The summed E-state index contributed by atoms with van der Waals surface area (Å²) in [5.41, 5.74) is 0.637. The van der Waals surface area contributed by atoms with Crippen molar-refractivity contribution in [3.63, 3.8) is 0 Å². The quantitative estimate of drug-likeness (QED) is 0.722. The van der Waals surface area contributed by atoms with Crippen molar-refractivity contribution in [2.45, 2.75) is 11.3 Å². The minimum Gasteiger partial charge on any atom is -0.481 e. The SMILES string of the molecule is O=C(O)Cc1cc(Cl)ccc1S. The van der Waals surface area contributed by atoms with Crippen molar-refractivity contribution < 1.29 is 9.90 Å². The smallest absolute Gasteiger partial charge is 0.307 e. The van der Waals surface area contributed by atoms with Crippen LogP contribution < -0.4 is 0 Å². The van der Waals surface area contributed by atoms with E-state index in [9.17, 15) is 4.79 Å². The molecule has 0 aromatic heterocycles. The van der Waals surface area contributed by atoms with Crippen molar-refractivity contribution in [1.29, 1.82) is 0 Å². The zero-order chi connectivity index (χ0) is 9.14. The van der Waals surface area contributed by atoms with E-state index in [1.54, 1.807) is 18.2 Å². The van der Waals surface area contributed by atoms with Crippen LogP contribution in [0.2, 0.25) is 5.02 Å². The first-order valence-corrected chi connectivity index (χ1v) is 4.11. The molecule has 0 aliphatic heterocycles. The van der Waals surface area contributed by atoms with Crippen molar-refractivity contribution in [2.24, 2.45) is 0 Å². The molecule has 0 aliphatic rings. The molecule has 12 heavy (non-hydrogen) atoms. The molecule has 0 fully saturated rings. The molecule has 1 rings (SSSR count). The third-order valence-corrected chi connectivity index (χ3v) is 2.05. The number of carboxylic acids is 1. The van der Waals surface area contributed by atoms with Crippen LogP contribution in [0.25, 0.3) is 0 Å². The Morgan fingerprint density at radius 2 is 2.25 bits per heavy atom. The number of carbonyl (C=O) groups is 1. The van der Waals surface area contributed by atoms with Gasteiger partial charge in [0.05, 0.1) is 6.42 Å². The highest BCUT2D eigenvalue weighted by atomic mass is 35.5. The highest BCUT2D eigenvalue weighted by molar-refractivity contribution is 7.80. The highest BCUT2D eigenvalue weighted by Crippen LogP contribution is 2.19. The molecule has 64 valence electrons. The Morgan fingerprint density at radius 1 is 1.58 bits per heavy atom. The third-order valence-electron chi connectivity index (χ3n) is 1.38. The molecule has 4 heteroatoms. The van der Waals surface area contributed by atoms with Crippen LogP contribution in [0, 0.1) is 0 Å². The minimum absolute atomic E-state index is 0.0423. The molecule has 0 unspecified atom stereocenters. The molecule has 0 heterocycles. The van der Waals surface area contributed by atoms with Crippen LogP contribution in [0.15, 0.2) is 23.1 Å². The van der Waals surface area contributed by atoms with Gasteiger partial charge in [0.1, 0.15) is 0 Å². The molecular weight excluding hydrogens is 196 g/mol. The molecule has 1 aromatic carbocycles. The van der Waals surface area contributed by atoms with E-state index in [0.29, 0.717) is 15.5 Å². The van der Waals surface area contributed by atoms with Gasteiger partial charge in [0.2, 0.25) is 0 Å². The van der Waals surface area contributed by atoms with E-state index < -0.39 is 5.97 Å². The minimum atomic E-state index is -0.882. The van der Waals surface area contributed by atoms with Crippen LogP contribution in [-0.4, -0.2) is 11.1 Å². The maximum absolute atomic E-state index is 10.4. The Labute approximate surface area is 80.6 Å². The Kier molecular flexibility index (Phi) is 3.00. The maximum atomic E-state index is 10.4. The van der Waals surface area contributed by atoms with Crippen LogP contribution in [-0.2, 0) is 11.2 Å². The summed E-state index contributed by atoms with van der Waals surface area (Å²) in [5, 5.41) is 9.04. The second-order valence-electron chi connectivity index (χ2n) is 2.34. The first-order valence-electron chi connectivity index (χ1n) is 3.29. The summed E-state index contributed by atoms with van der Waals surface area (Å²) in [4.78, 5) is 11.0. The lowest BCUT2D eigenvalue weighted by atomic mass is 10.1. The van der Waals surface area contributed by atoms with Crippen LogP contribution in [0.3, 0.4) is 0 Å². The number of carboxylic acid groups (broad SMARTS) is 1. The summed E-state index contributed by atoms with van der Waals surface area (Å²) >= 11 is 9.77. The predicted octanol–water partition coefficient (Wildman–Crippen LogP) is 2.26. The second kappa shape index (κ2) is 3.83. The van der Waals surface area contributed by atoms with Crippen molar-refractivity contribution in [1.82, 2.24) is 0 Å². The van der Waals surface area contributed by atoms with Crippen LogP contribution in [0.5, 0.6) is 0 Å². The van der Waals surface area contributed by atoms with Gasteiger partial charge in [-0.2, -0.15) is 0 Å². The zero-order valence-corrected chi connectivity index (χ0v) is 7.77. The Morgan fingerprint density at radius 3 is 2.83 bits per heavy atom. The lowest BCUT2D eigenvalue weighted by Gasteiger charge is -2.01.